The number of aryl methyl sites for hydroxylation is 1. The van der Waals surface area contributed by atoms with Crippen LogP contribution in [0.2, 0.25) is 0 Å². The van der Waals surface area contributed by atoms with E-state index in [4.69, 9.17) is 0 Å². The molecule has 4 rings (SSSR count). The molecule has 23 heavy (non-hydrogen) atoms. The van der Waals surface area contributed by atoms with Gasteiger partial charge in [0.05, 0.1) is 28.4 Å². The fourth-order valence-electron chi connectivity index (χ4n) is 2.66. The largest absolute Gasteiger partial charge is 0.348 e. The molecule has 2 aromatic heterocycles. The molecule has 2 aromatic carbocycles. The van der Waals surface area contributed by atoms with Crippen LogP contribution in [-0.2, 0) is 6.54 Å². The van der Waals surface area contributed by atoms with Crippen molar-refractivity contribution in [1.29, 1.82) is 0 Å². The van der Waals surface area contributed by atoms with Gasteiger partial charge in [0.1, 0.15) is 5.82 Å². The van der Waals surface area contributed by atoms with E-state index in [1.807, 2.05) is 31.2 Å². The number of fused-ring (bicyclic) bond motifs is 2. The SMILES string of the molecule is Cc1nc2ccc(CNC(=O)c3ccc4nc[nH]c4c3)cc2[nH]1. The number of benzene rings is 2. The van der Waals surface area contributed by atoms with Gasteiger partial charge >= 0.3 is 0 Å². The summed E-state index contributed by atoms with van der Waals surface area (Å²) < 4.78 is 0. The molecule has 6 heteroatoms. The molecule has 0 bridgehead atoms. The van der Waals surface area contributed by atoms with Crippen LogP contribution in [0.15, 0.2) is 42.7 Å². The molecule has 0 saturated heterocycles. The number of nitrogens with zero attached hydrogens (tertiary/aromatic N) is 2. The Balaban J connectivity index is 1.51. The highest BCUT2D eigenvalue weighted by atomic mass is 16.1. The first-order valence-corrected chi connectivity index (χ1v) is 7.35. The first-order valence-electron chi connectivity index (χ1n) is 7.35. The number of hydrogen-bond donors (Lipinski definition) is 3. The highest BCUT2D eigenvalue weighted by Crippen LogP contribution is 2.14. The number of rotatable bonds is 3. The zero-order chi connectivity index (χ0) is 15.8. The summed E-state index contributed by atoms with van der Waals surface area (Å²) in [6.07, 6.45) is 1.62. The number of imidazole rings is 2. The normalized spacial score (nSPS) is 11.2. The average Bonchev–Trinajstić information content (AvgIpc) is 3.16. The minimum absolute atomic E-state index is 0.109. The van der Waals surface area contributed by atoms with Crippen molar-refractivity contribution in [2.24, 2.45) is 0 Å². The molecule has 0 spiro atoms. The lowest BCUT2D eigenvalue weighted by Crippen LogP contribution is -2.22. The lowest BCUT2D eigenvalue weighted by Gasteiger charge is -2.05. The number of amides is 1. The van der Waals surface area contributed by atoms with Gasteiger partial charge in [-0.25, -0.2) is 9.97 Å². The summed E-state index contributed by atoms with van der Waals surface area (Å²) in [5, 5.41) is 2.94. The molecular formula is C17H15N5O. The predicted octanol–water partition coefficient (Wildman–Crippen LogP) is 2.68. The average molecular weight is 305 g/mol. The van der Waals surface area contributed by atoms with Crippen molar-refractivity contribution in [3.05, 3.63) is 59.7 Å². The maximum Gasteiger partial charge on any atom is 0.251 e. The van der Waals surface area contributed by atoms with Crippen molar-refractivity contribution >= 4 is 28.0 Å². The summed E-state index contributed by atoms with van der Waals surface area (Å²) in [5.41, 5.74) is 5.25. The van der Waals surface area contributed by atoms with Gasteiger partial charge in [0, 0.05) is 12.1 Å². The number of H-pyrrole nitrogens is 2. The zero-order valence-corrected chi connectivity index (χ0v) is 12.6. The Morgan fingerprint density at radius 2 is 2.00 bits per heavy atom. The molecule has 0 unspecified atom stereocenters. The van der Waals surface area contributed by atoms with Gasteiger partial charge in [0.25, 0.3) is 5.91 Å². The number of carbonyl (C=O) groups excluding carboxylic acids is 1. The van der Waals surface area contributed by atoms with Crippen LogP contribution in [0, 0.1) is 6.92 Å². The summed E-state index contributed by atoms with van der Waals surface area (Å²) in [5.74, 6) is 0.774. The van der Waals surface area contributed by atoms with Crippen molar-refractivity contribution < 1.29 is 4.79 Å². The van der Waals surface area contributed by atoms with Crippen LogP contribution >= 0.6 is 0 Å². The van der Waals surface area contributed by atoms with Crippen LogP contribution < -0.4 is 5.32 Å². The van der Waals surface area contributed by atoms with Gasteiger partial charge in [0.15, 0.2) is 0 Å². The topological polar surface area (TPSA) is 86.5 Å². The molecular weight excluding hydrogens is 290 g/mol. The van der Waals surface area contributed by atoms with Crippen LogP contribution in [0.1, 0.15) is 21.7 Å². The fourth-order valence-corrected chi connectivity index (χ4v) is 2.66. The highest BCUT2D eigenvalue weighted by molar-refractivity contribution is 5.97. The molecule has 0 aliphatic carbocycles. The fraction of sp³-hybridized carbons (Fsp3) is 0.118. The van der Waals surface area contributed by atoms with E-state index in [-0.39, 0.29) is 5.91 Å². The highest BCUT2D eigenvalue weighted by Gasteiger charge is 2.08. The standard InChI is InChI=1S/C17H15N5O/c1-10-21-14-4-2-11(6-16(14)22-10)8-18-17(23)12-3-5-13-15(7-12)20-9-19-13/h2-7,9H,8H2,1H3,(H,18,23)(H,19,20)(H,21,22). The van der Waals surface area contributed by atoms with E-state index < -0.39 is 0 Å². The van der Waals surface area contributed by atoms with Gasteiger partial charge in [-0.2, -0.15) is 0 Å². The lowest BCUT2D eigenvalue weighted by atomic mass is 10.1. The Morgan fingerprint density at radius 1 is 1.13 bits per heavy atom. The quantitative estimate of drug-likeness (QED) is 0.544. The molecule has 0 radical (unpaired) electrons. The van der Waals surface area contributed by atoms with E-state index in [2.05, 4.69) is 25.3 Å². The molecule has 0 saturated carbocycles. The second kappa shape index (κ2) is 5.24. The van der Waals surface area contributed by atoms with Gasteiger partial charge < -0.3 is 15.3 Å². The van der Waals surface area contributed by atoms with E-state index in [9.17, 15) is 4.79 Å². The second-order valence-corrected chi connectivity index (χ2v) is 5.49. The smallest absolute Gasteiger partial charge is 0.251 e. The van der Waals surface area contributed by atoms with Crippen molar-refractivity contribution in [2.45, 2.75) is 13.5 Å². The molecule has 1 amide bonds. The third-order valence-corrected chi connectivity index (χ3v) is 3.80. The van der Waals surface area contributed by atoms with Gasteiger partial charge in [-0.1, -0.05) is 6.07 Å². The second-order valence-electron chi connectivity index (χ2n) is 5.49. The minimum Gasteiger partial charge on any atom is -0.348 e. The Labute approximate surface area is 132 Å². The molecule has 3 N–H and O–H groups in total. The third kappa shape index (κ3) is 2.55. The minimum atomic E-state index is -0.109. The van der Waals surface area contributed by atoms with Crippen molar-refractivity contribution in [2.75, 3.05) is 0 Å². The van der Waals surface area contributed by atoms with Crippen molar-refractivity contribution in [1.82, 2.24) is 25.3 Å². The zero-order valence-electron chi connectivity index (χ0n) is 12.6. The molecule has 114 valence electrons. The van der Waals surface area contributed by atoms with Gasteiger partial charge in [-0.15, -0.1) is 0 Å². The number of carbonyl (C=O) groups is 1. The third-order valence-electron chi connectivity index (χ3n) is 3.80. The maximum absolute atomic E-state index is 12.3. The van der Waals surface area contributed by atoms with E-state index in [0.29, 0.717) is 12.1 Å². The molecule has 0 aliphatic rings. The number of aromatic nitrogens is 4. The van der Waals surface area contributed by atoms with E-state index in [1.165, 1.54) is 0 Å². The summed E-state index contributed by atoms with van der Waals surface area (Å²) in [4.78, 5) is 27.0. The van der Waals surface area contributed by atoms with Crippen molar-refractivity contribution in [3.8, 4) is 0 Å². The Hall–Kier alpha value is -3.15. The lowest BCUT2D eigenvalue weighted by molar-refractivity contribution is 0.0951. The first-order chi connectivity index (χ1) is 11.2. The van der Waals surface area contributed by atoms with Crippen LogP contribution in [0.4, 0.5) is 0 Å². The molecule has 0 fully saturated rings. The molecule has 4 aromatic rings. The van der Waals surface area contributed by atoms with Gasteiger partial charge in [-0.05, 0) is 42.8 Å². The summed E-state index contributed by atoms with van der Waals surface area (Å²) in [7, 11) is 0. The Morgan fingerprint density at radius 3 is 2.91 bits per heavy atom. The van der Waals surface area contributed by atoms with Crippen LogP contribution in [-0.4, -0.2) is 25.8 Å². The Kier molecular flexibility index (Phi) is 3.08. The maximum atomic E-state index is 12.3. The van der Waals surface area contributed by atoms with E-state index in [0.717, 1.165) is 33.5 Å². The van der Waals surface area contributed by atoms with Crippen molar-refractivity contribution in [3.63, 3.8) is 0 Å². The van der Waals surface area contributed by atoms with Gasteiger partial charge in [0.2, 0.25) is 0 Å². The summed E-state index contributed by atoms with van der Waals surface area (Å²) in [6, 6.07) is 11.4. The van der Waals surface area contributed by atoms with Gasteiger partial charge in [-0.3, -0.25) is 4.79 Å². The van der Waals surface area contributed by atoms with Crippen LogP contribution in [0.3, 0.4) is 0 Å². The number of hydrogen-bond acceptors (Lipinski definition) is 3. The van der Waals surface area contributed by atoms with E-state index in [1.54, 1.807) is 18.5 Å². The first kappa shape index (κ1) is 13.5. The predicted molar refractivity (Wildman–Crippen MR) is 88.1 cm³/mol. The number of aromatic amines is 2. The van der Waals surface area contributed by atoms with Crippen LogP contribution in [0.5, 0.6) is 0 Å². The molecule has 0 aliphatic heterocycles. The van der Waals surface area contributed by atoms with E-state index >= 15 is 0 Å². The van der Waals surface area contributed by atoms with Crippen LogP contribution in [0.25, 0.3) is 22.1 Å². The summed E-state index contributed by atoms with van der Waals surface area (Å²) in [6.45, 7) is 2.39. The monoisotopic (exact) mass is 305 g/mol. The Bertz CT molecular complexity index is 1010. The molecule has 6 nitrogen and oxygen atoms in total. The molecule has 0 atom stereocenters. The number of nitrogens with one attached hydrogen (secondary N) is 3. The summed E-state index contributed by atoms with van der Waals surface area (Å²) >= 11 is 0. The molecule has 2 heterocycles.